The third-order valence-electron chi connectivity index (χ3n) is 4.97. The van der Waals surface area contributed by atoms with Crippen LogP contribution in [0.4, 0.5) is 18.9 Å². The van der Waals surface area contributed by atoms with Crippen LogP contribution in [0.2, 0.25) is 0 Å². The highest BCUT2D eigenvalue weighted by atomic mass is 32.2. The summed E-state index contributed by atoms with van der Waals surface area (Å²) in [6.07, 6.45) is -1.81. The Morgan fingerprint density at radius 3 is 2.38 bits per heavy atom. The molecule has 0 saturated carbocycles. The first-order valence-corrected chi connectivity index (χ1v) is 10.8. The highest BCUT2D eigenvalue weighted by molar-refractivity contribution is 7.89. The van der Waals surface area contributed by atoms with Gasteiger partial charge in [-0.15, -0.1) is 0 Å². The number of halogens is 3. The quantitative estimate of drug-likeness (QED) is 0.616. The van der Waals surface area contributed by atoms with E-state index in [-0.39, 0.29) is 16.1 Å². The van der Waals surface area contributed by atoms with Crippen molar-refractivity contribution in [2.24, 2.45) is 0 Å². The van der Waals surface area contributed by atoms with Crippen molar-refractivity contribution in [1.82, 2.24) is 14.1 Å². The fourth-order valence-corrected chi connectivity index (χ4v) is 4.27. The molecule has 32 heavy (non-hydrogen) atoms. The van der Waals surface area contributed by atoms with Crippen molar-refractivity contribution < 1.29 is 26.4 Å². The highest BCUT2D eigenvalue weighted by Gasteiger charge is 2.35. The number of sulfonamides is 1. The fourth-order valence-electron chi connectivity index (χ4n) is 3.06. The number of alkyl halides is 3. The molecule has 7 nitrogen and oxygen atoms in total. The van der Waals surface area contributed by atoms with Crippen molar-refractivity contribution in [2.45, 2.75) is 24.9 Å². The summed E-state index contributed by atoms with van der Waals surface area (Å²) in [6.45, 7) is 3.23. The minimum Gasteiger partial charge on any atom is -0.321 e. The molecule has 1 amide bonds. The number of carbonyl (C=O) groups is 1. The first-order valence-electron chi connectivity index (χ1n) is 9.38. The van der Waals surface area contributed by atoms with Crippen LogP contribution in [-0.2, 0) is 16.2 Å². The molecule has 3 rings (SSSR count). The van der Waals surface area contributed by atoms with Crippen LogP contribution >= 0.6 is 0 Å². The Bertz CT molecular complexity index is 1270. The van der Waals surface area contributed by atoms with Crippen LogP contribution in [-0.4, -0.2) is 42.5 Å². The molecule has 0 radical (unpaired) electrons. The minimum atomic E-state index is -4.74. The smallest absolute Gasteiger partial charge is 0.321 e. The van der Waals surface area contributed by atoms with E-state index in [9.17, 15) is 26.4 Å². The largest absolute Gasteiger partial charge is 0.418 e. The molecule has 0 bridgehead atoms. The highest BCUT2D eigenvalue weighted by Crippen LogP contribution is 2.36. The van der Waals surface area contributed by atoms with Crippen molar-refractivity contribution in [1.29, 1.82) is 0 Å². The number of hydrogen-bond donors (Lipinski definition) is 1. The van der Waals surface area contributed by atoms with E-state index < -0.39 is 33.4 Å². The van der Waals surface area contributed by atoms with Gasteiger partial charge in [-0.25, -0.2) is 17.4 Å². The number of aromatic nitrogens is 2. The lowest BCUT2D eigenvalue weighted by Crippen LogP contribution is -2.24. The topological polar surface area (TPSA) is 84.3 Å². The van der Waals surface area contributed by atoms with E-state index in [1.165, 1.54) is 49.4 Å². The van der Waals surface area contributed by atoms with Crippen LogP contribution in [0.5, 0.6) is 0 Å². The van der Waals surface area contributed by atoms with Gasteiger partial charge in [-0.1, -0.05) is 0 Å². The van der Waals surface area contributed by atoms with E-state index in [1.54, 1.807) is 19.9 Å². The van der Waals surface area contributed by atoms with Crippen LogP contribution < -0.4 is 5.32 Å². The number of aryl methyl sites for hydroxylation is 1. The summed E-state index contributed by atoms with van der Waals surface area (Å²) in [4.78, 5) is 12.7. The molecule has 0 fully saturated rings. The van der Waals surface area contributed by atoms with Gasteiger partial charge in [-0.3, -0.25) is 4.79 Å². The lowest BCUT2D eigenvalue weighted by atomic mass is 10.1. The van der Waals surface area contributed by atoms with E-state index in [0.29, 0.717) is 11.1 Å². The molecule has 0 atom stereocenters. The van der Waals surface area contributed by atoms with Gasteiger partial charge >= 0.3 is 6.18 Å². The zero-order valence-corrected chi connectivity index (χ0v) is 18.5. The molecule has 1 N–H and O–H groups in total. The van der Waals surface area contributed by atoms with Crippen LogP contribution in [0.25, 0.3) is 5.69 Å². The zero-order chi connectivity index (χ0) is 23.8. The van der Waals surface area contributed by atoms with E-state index in [0.717, 1.165) is 16.4 Å². The molecule has 0 spiro atoms. The molecule has 0 aliphatic heterocycles. The van der Waals surface area contributed by atoms with Gasteiger partial charge in [-0.05, 0) is 61.4 Å². The summed E-state index contributed by atoms with van der Waals surface area (Å²) >= 11 is 0. The molecular weight excluding hydrogens is 445 g/mol. The Morgan fingerprint density at radius 1 is 1.12 bits per heavy atom. The first kappa shape index (κ1) is 23.5. The summed E-state index contributed by atoms with van der Waals surface area (Å²) in [5.41, 5.74) is -0.431. The van der Waals surface area contributed by atoms with E-state index in [2.05, 4.69) is 10.4 Å². The predicted octanol–water partition coefficient (Wildman–Crippen LogP) is 4.01. The molecular formula is C21H21F3N4O3S. The third-order valence-corrected chi connectivity index (χ3v) is 6.91. The Labute approximate surface area is 183 Å². The Hall–Kier alpha value is -3.18. The van der Waals surface area contributed by atoms with Crippen molar-refractivity contribution in [3.63, 3.8) is 0 Å². The molecule has 1 aromatic heterocycles. The number of hydrogen-bond acceptors (Lipinski definition) is 4. The average Bonchev–Trinajstić information content (AvgIpc) is 3.23. The summed E-state index contributed by atoms with van der Waals surface area (Å²) in [5, 5.41) is 6.18. The monoisotopic (exact) mass is 466 g/mol. The SMILES string of the molecule is Cc1cc(C(=O)Nc2ccc(-n3cccn3)cc2C(F)(F)F)cc(S(=O)(=O)N(C)C)c1C. The maximum Gasteiger partial charge on any atom is 0.418 e. The van der Waals surface area contributed by atoms with Gasteiger partial charge in [0.25, 0.3) is 5.91 Å². The maximum atomic E-state index is 13.7. The van der Waals surface area contributed by atoms with Gasteiger partial charge in [0.1, 0.15) is 0 Å². The second kappa shape index (κ2) is 8.40. The van der Waals surface area contributed by atoms with Crippen molar-refractivity contribution in [2.75, 3.05) is 19.4 Å². The average molecular weight is 466 g/mol. The maximum absolute atomic E-state index is 13.7. The lowest BCUT2D eigenvalue weighted by molar-refractivity contribution is -0.136. The zero-order valence-electron chi connectivity index (χ0n) is 17.7. The molecule has 1 heterocycles. The molecule has 11 heteroatoms. The van der Waals surface area contributed by atoms with E-state index >= 15 is 0 Å². The van der Waals surface area contributed by atoms with Gasteiger partial charge < -0.3 is 5.32 Å². The van der Waals surface area contributed by atoms with E-state index in [1.807, 2.05) is 0 Å². The third kappa shape index (κ3) is 4.53. The Balaban J connectivity index is 2.03. The molecule has 2 aromatic carbocycles. The second-order valence-electron chi connectivity index (χ2n) is 7.34. The number of nitrogens with zero attached hydrogens (tertiary/aromatic N) is 3. The van der Waals surface area contributed by atoms with Crippen LogP contribution in [0.3, 0.4) is 0 Å². The second-order valence-corrected chi connectivity index (χ2v) is 9.46. The lowest BCUT2D eigenvalue weighted by Gasteiger charge is -2.18. The molecule has 0 saturated heterocycles. The first-order chi connectivity index (χ1) is 14.8. The van der Waals surface area contributed by atoms with Crippen molar-refractivity contribution >= 4 is 21.6 Å². The number of nitrogens with one attached hydrogen (secondary N) is 1. The number of amides is 1. The van der Waals surface area contributed by atoms with Gasteiger partial charge in [0, 0.05) is 32.1 Å². The summed E-state index contributed by atoms with van der Waals surface area (Å²) in [5.74, 6) is -0.861. The number of benzene rings is 2. The molecule has 170 valence electrons. The van der Waals surface area contributed by atoms with E-state index in [4.69, 9.17) is 0 Å². The Morgan fingerprint density at radius 2 is 1.81 bits per heavy atom. The standard InChI is InChI=1S/C21H21F3N4O3S/c1-13-10-15(11-19(14(13)2)32(30,31)27(3)4)20(29)26-18-7-6-16(28-9-5-8-25-28)12-17(18)21(22,23)24/h5-12H,1-4H3,(H,26,29). The fraction of sp³-hybridized carbons (Fsp3) is 0.238. The van der Waals surface area contributed by atoms with Gasteiger partial charge in [-0.2, -0.15) is 18.3 Å². The van der Waals surface area contributed by atoms with Crippen LogP contribution in [0.1, 0.15) is 27.0 Å². The van der Waals surface area contributed by atoms with Crippen LogP contribution in [0.15, 0.2) is 53.7 Å². The number of carbonyl (C=O) groups excluding carboxylic acids is 1. The van der Waals surface area contributed by atoms with Crippen molar-refractivity contribution in [3.05, 3.63) is 71.0 Å². The number of rotatable bonds is 5. The molecule has 0 unspecified atom stereocenters. The molecule has 0 aliphatic rings. The van der Waals surface area contributed by atoms with Gasteiger partial charge in [0.2, 0.25) is 10.0 Å². The van der Waals surface area contributed by atoms with Crippen LogP contribution in [0, 0.1) is 13.8 Å². The molecule has 3 aromatic rings. The summed E-state index contributed by atoms with van der Waals surface area (Å²) in [6, 6.07) is 7.58. The Kier molecular flexibility index (Phi) is 6.16. The summed E-state index contributed by atoms with van der Waals surface area (Å²) in [7, 11) is -1.15. The van der Waals surface area contributed by atoms with Gasteiger partial charge in [0.05, 0.1) is 21.8 Å². The predicted molar refractivity (Wildman–Crippen MR) is 113 cm³/mol. The van der Waals surface area contributed by atoms with Gasteiger partial charge in [0.15, 0.2) is 0 Å². The normalized spacial score (nSPS) is 12.2. The molecule has 0 aliphatic carbocycles. The van der Waals surface area contributed by atoms with Crippen molar-refractivity contribution in [3.8, 4) is 5.69 Å². The number of anilines is 1. The minimum absolute atomic E-state index is 0.0715. The summed E-state index contributed by atoms with van der Waals surface area (Å²) < 4.78 is 68.5.